The van der Waals surface area contributed by atoms with Gasteiger partial charge in [-0.25, -0.2) is 5.43 Å². The molecule has 0 spiro atoms. The Hall–Kier alpha value is -3.02. The summed E-state index contributed by atoms with van der Waals surface area (Å²) in [6.45, 7) is 7.77. The van der Waals surface area contributed by atoms with Crippen LogP contribution in [0.5, 0.6) is 17.2 Å². The molecule has 0 aliphatic rings. The Labute approximate surface area is 153 Å². The maximum atomic E-state index is 11.9. The predicted molar refractivity (Wildman–Crippen MR) is 101 cm³/mol. The second kappa shape index (κ2) is 7.91. The molecule has 1 amide bonds. The summed E-state index contributed by atoms with van der Waals surface area (Å²) in [5, 5.41) is 23.0. The number of phenolic OH excluding ortho intramolecular Hbond substituents is 2. The van der Waals surface area contributed by atoms with Crippen molar-refractivity contribution in [2.24, 2.45) is 5.10 Å². The van der Waals surface area contributed by atoms with Crippen molar-refractivity contribution in [3.8, 4) is 17.2 Å². The number of rotatable bonds is 5. The highest BCUT2D eigenvalue weighted by molar-refractivity contribution is 5.87. The van der Waals surface area contributed by atoms with E-state index in [9.17, 15) is 15.0 Å². The van der Waals surface area contributed by atoms with Crippen LogP contribution < -0.4 is 10.2 Å². The van der Waals surface area contributed by atoms with Crippen LogP contribution in [0.3, 0.4) is 0 Å². The number of hydrazone groups is 1. The molecule has 6 heteroatoms. The monoisotopic (exact) mass is 356 g/mol. The van der Waals surface area contributed by atoms with Gasteiger partial charge >= 0.3 is 0 Å². The van der Waals surface area contributed by atoms with Crippen LogP contribution in [0.1, 0.15) is 37.5 Å². The van der Waals surface area contributed by atoms with Crippen LogP contribution in [0.15, 0.2) is 41.5 Å². The third-order valence-corrected chi connectivity index (χ3v) is 3.79. The van der Waals surface area contributed by atoms with Crippen molar-refractivity contribution < 1.29 is 19.7 Å². The first-order chi connectivity index (χ1) is 12.2. The highest BCUT2D eigenvalue weighted by atomic mass is 16.5. The number of nitrogens with one attached hydrogen (secondary N) is 1. The average Bonchev–Trinajstić information content (AvgIpc) is 2.54. The van der Waals surface area contributed by atoms with E-state index in [4.69, 9.17) is 4.74 Å². The zero-order chi connectivity index (χ0) is 19.3. The van der Waals surface area contributed by atoms with Gasteiger partial charge in [-0.2, -0.15) is 5.10 Å². The molecule has 26 heavy (non-hydrogen) atoms. The van der Waals surface area contributed by atoms with Gasteiger partial charge in [0.15, 0.2) is 6.61 Å². The van der Waals surface area contributed by atoms with Crippen molar-refractivity contribution in [3.63, 3.8) is 0 Å². The third-order valence-electron chi connectivity index (χ3n) is 3.79. The second-order valence-corrected chi connectivity index (χ2v) is 7.02. The summed E-state index contributed by atoms with van der Waals surface area (Å²) >= 11 is 0. The zero-order valence-corrected chi connectivity index (χ0v) is 15.4. The molecule has 0 radical (unpaired) electrons. The molecule has 2 aromatic carbocycles. The first-order valence-electron chi connectivity index (χ1n) is 8.25. The Balaban J connectivity index is 1.97. The first kappa shape index (κ1) is 19.3. The molecule has 0 saturated heterocycles. The fraction of sp³-hybridized carbons (Fsp3) is 0.300. The standard InChI is InChI=1S/C20H24N2O4/c1-13-9-14(23)10-17(24)15(13)11-21-22-19(25)12-26-18-8-6-5-7-16(18)20(2,3)4/h5-11,23-24H,12H2,1-4H3,(H,22,25)/b21-11+. The van der Waals surface area contributed by atoms with Crippen LogP contribution in [-0.2, 0) is 10.2 Å². The number of ether oxygens (including phenoxy) is 1. The van der Waals surface area contributed by atoms with E-state index in [1.807, 2.05) is 24.3 Å². The second-order valence-electron chi connectivity index (χ2n) is 7.02. The van der Waals surface area contributed by atoms with Gasteiger partial charge in [-0.15, -0.1) is 0 Å². The molecule has 0 aromatic heterocycles. The van der Waals surface area contributed by atoms with Crippen molar-refractivity contribution in [1.82, 2.24) is 5.43 Å². The number of carbonyl (C=O) groups excluding carboxylic acids is 1. The number of phenols is 2. The molecule has 0 heterocycles. The smallest absolute Gasteiger partial charge is 0.277 e. The Bertz CT molecular complexity index is 800. The number of hydrogen-bond donors (Lipinski definition) is 3. The number of benzene rings is 2. The van der Waals surface area contributed by atoms with Gasteiger partial charge in [0.25, 0.3) is 5.91 Å². The largest absolute Gasteiger partial charge is 0.508 e. The van der Waals surface area contributed by atoms with Crippen LogP contribution in [0, 0.1) is 6.92 Å². The summed E-state index contributed by atoms with van der Waals surface area (Å²) in [7, 11) is 0. The molecule has 6 nitrogen and oxygen atoms in total. The van der Waals surface area contributed by atoms with E-state index in [0.717, 1.165) is 5.56 Å². The Kier molecular flexibility index (Phi) is 5.87. The number of carbonyl (C=O) groups is 1. The van der Waals surface area contributed by atoms with Crippen LogP contribution in [0.2, 0.25) is 0 Å². The lowest BCUT2D eigenvalue weighted by Crippen LogP contribution is -2.25. The van der Waals surface area contributed by atoms with E-state index < -0.39 is 5.91 Å². The molecule has 0 fully saturated rings. The fourth-order valence-corrected chi connectivity index (χ4v) is 2.49. The summed E-state index contributed by atoms with van der Waals surface area (Å²) in [6, 6.07) is 10.3. The number of nitrogens with zero attached hydrogens (tertiary/aromatic N) is 1. The van der Waals surface area contributed by atoms with E-state index in [2.05, 4.69) is 31.3 Å². The van der Waals surface area contributed by atoms with Crippen molar-refractivity contribution in [3.05, 3.63) is 53.1 Å². The van der Waals surface area contributed by atoms with Gasteiger partial charge in [0, 0.05) is 11.6 Å². The van der Waals surface area contributed by atoms with E-state index in [0.29, 0.717) is 16.9 Å². The van der Waals surface area contributed by atoms with E-state index in [-0.39, 0.29) is 23.5 Å². The Morgan fingerprint density at radius 2 is 1.92 bits per heavy atom. The molecule has 0 bridgehead atoms. The summed E-state index contributed by atoms with van der Waals surface area (Å²) < 4.78 is 5.62. The van der Waals surface area contributed by atoms with E-state index in [1.165, 1.54) is 18.3 Å². The minimum absolute atomic E-state index is 0.0351. The van der Waals surface area contributed by atoms with Crippen molar-refractivity contribution in [2.75, 3.05) is 6.61 Å². The minimum Gasteiger partial charge on any atom is -0.508 e. The Morgan fingerprint density at radius 3 is 2.58 bits per heavy atom. The fourth-order valence-electron chi connectivity index (χ4n) is 2.49. The molecule has 0 saturated carbocycles. The lowest BCUT2D eigenvalue weighted by molar-refractivity contribution is -0.123. The van der Waals surface area contributed by atoms with Gasteiger partial charge in [-0.3, -0.25) is 4.79 Å². The quantitative estimate of drug-likeness (QED) is 0.567. The molecule has 0 atom stereocenters. The van der Waals surface area contributed by atoms with E-state index >= 15 is 0 Å². The molecule has 0 unspecified atom stereocenters. The van der Waals surface area contributed by atoms with Gasteiger partial charge in [0.1, 0.15) is 17.2 Å². The highest BCUT2D eigenvalue weighted by Gasteiger charge is 2.18. The SMILES string of the molecule is Cc1cc(O)cc(O)c1/C=N/NC(=O)COc1ccccc1C(C)(C)C. The molecule has 3 N–H and O–H groups in total. The molecule has 138 valence electrons. The van der Waals surface area contributed by atoms with Crippen LogP contribution in [0.4, 0.5) is 0 Å². The highest BCUT2D eigenvalue weighted by Crippen LogP contribution is 2.30. The number of aromatic hydroxyl groups is 2. The zero-order valence-electron chi connectivity index (χ0n) is 15.4. The van der Waals surface area contributed by atoms with Crippen LogP contribution >= 0.6 is 0 Å². The molecule has 2 rings (SSSR count). The van der Waals surface area contributed by atoms with Crippen molar-refractivity contribution in [1.29, 1.82) is 0 Å². The van der Waals surface area contributed by atoms with Crippen LogP contribution in [-0.4, -0.2) is 28.9 Å². The van der Waals surface area contributed by atoms with Crippen LogP contribution in [0.25, 0.3) is 0 Å². The third kappa shape index (κ3) is 4.99. The number of hydrogen-bond acceptors (Lipinski definition) is 5. The molecule has 0 aliphatic heterocycles. The van der Waals surface area contributed by atoms with Gasteiger partial charge in [-0.1, -0.05) is 39.0 Å². The predicted octanol–water partition coefficient (Wildman–Crippen LogP) is 3.23. The minimum atomic E-state index is -0.416. The van der Waals surface area contributed by atoms with Gasteiger partial charge < -0.3 is 14.9 Å². The summed E-state index contributed by atoms with van der Waals surface area (Å²) in [4.78, 5) is 11.9. The summed E-state index contributed by atoms with van der Waals surface area (Å²) in [6.07, 6.45) is 1.32. The lowest BCUT2D eigenvalue weighted by Gasteiger charge is -2.22. The summed E-state index contributed by atoms with van der Waals surface area (Å²) in [5.74, 6) is 0.0926. The Morgan fingerprint density at radius 1 is 1.23 bits per heavy atom. The molecule has 0 aliphatic carbocycles. The molecular formula is C20H24N2O4. The summed E-state index contributed by atoms with van der Waals surface area (Å²) in [5.41, 5.74) is 4.33. The maximum Gasteiger partial charge on any atom is 0.277 e. The molecule has 2 aromatic rings. The first-order valence-corrected chi connectivity index (χ1v) is 8.25. The number of amides is 1. The number of aryl methyl sites for hydroxylation is 1. The normalized spacial score (nSPS) is 11.5. The average molecular weight is 356 g/mol. The van der Waals surface area contributed by atoms with Crippen molar-refractivity contribution in [2.45, 2.75) is 33.1 Å². The number of para-hydroxylation sites is 1. The van der Waals surface area contributed by atoms with Gasteiger partial charge in [0.2, 0.25) is 0 Å². The lowest BCUT2D eigenvalue weighted by atomic mass is 9.86. The van der Waals surface area contributed by atoms with Crippen molar-refractivity contribution >= 4 is 12.1 Å². The van der Waals surface area contributed by atoms with E-state index in [1.54, 1.807) is 6.92 Å². The molecular weight excluding hydrogens is 332 g/mol. The maximum absolute atomic E-state index is 11.9. The van der Waals surface area contributed by atoms with Gasteiger partial charge in [0.05, 0.1) is 6.21 Å². The topological polar surface area (TPSA) is 91.1 Å². The van der Waals surface area contributed by atoms with Gasteiger partial charge in [-0.05, 0) is 35.6 Å².